The molecule has 2 N–H and O–H groups in total. The Kier molecular flexibility index (Phi) is 4.66. The van der Waals surface area contributed by atoms with Crippen LogP contribution in [-0.2, 0) is 14.4 Å². The molecule has 1 saturated carbocycles. The van der Waals surface area contributed by atoms with E-state index in [0.29, 0.717) is 12.8 Å². The highest BCUT2D eigenvalue weighted by molar-refractivity contribution is 6.06. The summed E-state index contributed by atoms with van der Waals surface area (Å²) in [5.41, 5.74) is -1.17. The number of carbonyl (C=O) groups excluding carboxylic acids is 2. The van der Waals surface area contributed by atoms with Gasteiger partial charge in [-0.1, -0.05) is 26.2 Å². The molecular formula is C15H24N2O4. The van der Waals surface area contributed by atoms with E-state index in [1.807, 2.05) is 6.92 Å². The van der Waals surface area contributed by atoms with Crippen LogP contribution in [0.4, 0.5) is 0 Å². The predicted molar refractivity (Wildman–Crippen MR) is 76.6 cm³/mol. The van der Waals surface area contributed by atoms with Gasteiger partial charge in [0.2, 0.25) is 11.8 Å². The standard InChI is InChI=1S/C15H24N2O4/c1-3-8-15(2,14(20)21)16-11-9-12(18)17(13(11)19)10-6-4-5-7-10/h10-11,16H,3-9H2,1-2H3,(H,20,21). The van der Waals surface area contributed by atoms with E-state index in [2.05, 4.69) is 5.32 Å². The summed E-state index contributed by atoms with van der Waals surface area (Å²) in [4.78, 5) is 37.4. The summed E-state index contributed by atoms with van der Waals surface area (Å²) in [6, 6.07) is -0.690. The highest BCUT2D eigenvalue weighted by atomic mass is 16.4. The predicted octanol–water partition coefficient (Wildman–Crippen LogP) is 1.29. The van der Waals surface area contributed by atoms with Crippen LogP contribution in [0.15, 0.2) is 0 Å². The normalized spacial score (nSPS) is 26.4. The van der Waals surface area contributed by atoms with Gasteiger partial charge >= 0.3 is 5.97 Å². The van der Waals surface area contributed by atoms with Crippen molar-refractivity contribution in [2.75, 3.05) is 0 Å². The Morgan fingerprint density at radius 2 is 2.00 bits per heavy atom. The van der Waals surface area contributed by atoms with Crippen LogP contribution >= 0.6 is 0 Å². The van der Waals surface area contributed by atoms with Gasteiger partial charge in [-0.15, -0.1) is 0 Å². The number of nitrogens with one attached hydrogen (secondary N) is 1. The molecule has 0 aromatic heterocycles. The molecule has 2 aliphatic rings. The number of likely N-dealkylation sites (tertiary alicyclic amines) is 1. The second kappa shape index (κ2) is 6.13. The lowest BCUT2D eigenvalue weighted by molar-refractivity contribution is -0.145. The number of hydrogen-bond acceptors (Lipinski definition) is 4. The molecule has 118 valence electrons. The molecule has 1 aliphatic heterocycles. The number of aliphatic carboxylic acids is 1. The van der Waals surface area contributed by atoms with E-state index in [9.17, 15) is 19.5 Å². The van der Waals surface area contributed by atoms with Crippen molar-refractivity contribution >= 4 is 17.8 Å². The molecule has 0 aromatic rings. The van der Waals surface area contributed by atoms with Gasteiger partial charge in [0.15, 0.2) is 0 Å². The van der Waals surface area contributed by atoms with Crippen molar-refractivity contribution < 1.29 is 19.5 Å². The maximum absolute atomic E-state index is 12.5. The second-order valence-electron chi connectivity index (χ2n) is 6.33. The number of imide groups is 1. The van der Waals surface area contributed by atoms with E-state index in [-0.39, 0.29) is 24.3 Å². The third-order valence-corrected chi connectivity index (χ3v) is 4.59. The number of amides is 2. The van der Waals surface area contributed by atoms with E-state index in [1.54, 1.807) is 6.92 Å². The van der Waals surface area contributed by atoms with Crippen molar-refractivity contribution in [3.63, 3.8) is 0 Å². The molecule has 0 spiro atoms. The zero-order chi connectivity index (χ0) is 15.6. The number of rotatable bonds is 6. The van der Waals surface area contributed by atoms with Gasteiger partial charge in [0.25, 0.3) is 0 Å². The molecular weight excluding hydrogens is 272 g/mol. The number of carboxylic acids is 1. The Labute approximate surface area is 124 Å². The number of carboxylic acid groups (broad SMARTS) is 1. The van der Waals surface area contributed by atoms with Crippen molar-refractivity contribution in [2.45, 2.75) is 76.4 Å². The van der Waals surface area contributed by atoms with E-state index < -0.39 is 17.6 Å². The molecule has 1 heterocycles. The minimum Gasteiger partial charge on any atom is -0.480 e. The third kappa shape index (κ3) is 3.10. The van der Waals surface area contributed by atoms with Crippen molar-refractivity contribution in [1.29, 1.82) is 0 Å². The first-order chi connectivity index (χ1) is 9.89. The van der Waals surface area contributed by atoms with E-state index >= 15 is 0 Å². The van der Waals surface area contributed by atoms with Gasteiger partial charge in [0.1, 0.15) is 5.54 Å². The SMILES string of the molecule is CCCC(C)(NC1CC(=O)N(C2CCCC2)C1=O)C(=O)O. The van der Waals surface area contributed by atoms with E-state index in [4.69, 9.17) is 0 Å². The Hall–Kier alpha value is -1.43. The molecule has 21 heavy (non-hydrogen) atoms. The zero-order valence-electron chi connectivity index (χ0n) is 12.7. The Balaban J connectivity index is 2.09. The number of hydrogen-bond donors (Lipinski definition) is 2. The van der Waals surface area contributed by atoms with Gasteiger partial charge in [-0.25, -0.2) is 0 Å². The van der Waals surface area contributed by atoms with Crippen LogP contribution in [0.25, 0.3) is 0 Å². The van der Waals surface area contributed by atoms with Gasteiger partial charge in [0.05, 0.1) is 12.5 Å². The van der Waals surface area contributed by atoms with Crippen LogP contribution in [0.5, 0.6) is 0 Å². The first-order valence-corrected chi connectivity index (χ1v) is 7.76. The summed E-state index contributed by atoms with van der Waals surface area (Å²) in [6.45, 7) is 3.48. The van der Waals surface area contributed by atoms with Crippen molar-refractivity contribution in [1.82, 2.24) is 10.2 Å². The van der Waals surface area contributed by atoms with Gasteiger partial charge < -0.3 is 5.11 Å². The van der Waals surface area contributed by atoms with Crippen LogP contribution in [0, 0.1) is 0 Å². The molecule has 2 unspecified atom stereocenters. The van der Waals surface area contributed by atoms with Gasteiger partial charge in [-0.2, -0.15) is 0 Å². The van der Waals surface area contributed by atoms with Gasteiger partial charge in [-0.3, -0.25) is 24.6 Å². The average molecular weight is 296 g/mol. The smallest absolute Gasteiger partial charge is 0.323 e. The molecule has 0 aromatic carbocycles. The summed E-state index contributed by atoms with van der Waals surface area (Å²) < 4.78 is 0. The quantitative estimate of drug-likeness (QED) is 0.721. The van der Waals surface area contributed by atoms with E-state index in [1.165, 1.54) is 4.90 Å². The van der Waals surface area contributed by atoms with Crippen molar-refractivity contribution in [3.05, 3.63) is 0 Å². The Bertz CT molecular complexity index is 445. The van der Waals surface area contributed by atoms with E-state index in [0.717, 1.165) is 25.7 Å². The maximum atomic E-state index is 12.5. The minimum absolute atomic E-state index is 0.0130. The maximum Gasteiger partial charge on any atom is 0.323 e. The van der Waals surface area contributed by atoms with Crippen LogP contribution in [-0.4, -0.2) is 45.4 Å². The monoisotopic (exact) mass is 296 g/mol. The number of nitrogens with zero attached hydrogens (tertiary/aromatic N) is 1. The Morgan fingerprint density at radius 3 is 2.52 bits per heavy atom. The fourth-order valence-corrected chi connectivity index (χ4v) is 3.44. The molecule has 2 fully saturated rings. The zero-order valence-corrected chi connectivity index (χ0v) is 12.7. The fraction of sp³-hybridized carbons (Fsp3) is 0.800. The molecule has 2 atom stereocenters. The summed E-state index contributed by atoms with van der Waals surface area (Å²) in [6.07, 6.45) is 5.01. The summed E-state index contributed by atoms with van der Waals surface area (Å²) in [5.74, 6) is -1.41. The lowest BCUT2D eigenvalue weighted by Gasteiger charge is -2.29. The minimum atomic E-state index is -1.17. The summed E-state index contributed by atoms with van der Waals surface area (Å²) >= 11 is 0. The molecule has 0 radical (unpaired) electrons. The first kappa shape index (κ1) is 15.9. The molecule has 6 heteroatoms. The fourth-order valence-electron chi connectivity index (χ4n) is 3.44. The van der Waals surface area contributed by atoms with Crippen molar-refractivity contribution in [2.24, 2.45) is 0 Å². The van der Waals surface area contributed by atoms with Crippen LogP contribution in [0.3, 0.4) is 0 Å². The molecule has 1 saturated heterocycles. The topological polar surface area (TPSA) is 86.7 Å². The molecule has 2 rings (SSSR count). The van der Waals surface area contributed by atoms with Crippen molar-refractivity contribution in [3.8, 4) is 0 Å². The highest BCUT2D eigenvalue weighted by Crippen LogP contribution is 2.29. The largest absolute Gasteiger partial charge is 0.480 e. The third-order valence-electron chi connectivity index (χ3n) is 4.59. The number of carbonyl (C=O) groups is 3. The van der Waals surface area contributed by atoms with Gasteiger partial charge in [-0.05, 0) is 26.2 Å². The molecule has 1 aliphatic carbocycles. The lowest BCUT2D eigenvalue weighted by atomic mass is 9.94. The lowest BCUT2D eigenvalue weighted by Crippen LogP contribution is -2.56. The Morgan fingerprint density at radius 1 is 1.38 bits per heavy atom. The summed E-state index contributed by atoms with van der Waals surface area (Å²) in [7, 11) is 0. The van der Waals surface area contributed by atoms with Crippen LogP contribution in [0.2, 0.25) is 0 Å². The average Bonchev–Trinajstić information content (AvgIpc) is 2.99. The first-order valence-electron chi connectivity index (χ1n) is 7.76. The van der Waals surface area contributed by atoms with Crippen LogP contribution in [0.1, 0.15) is 58.8 Å². The molecule has 2 amide bonds. The molecule has 6 nitrogen and oxygen atoms in total. The molecule has 0 bridgehead atoms. The second-order valence-corrected chi connectivity index (χ2v) is 6.33. The summed E-state index contributed by atoms with van der Waals surface area (Å²) in [5, 5.41) is 12.3. The highest BCUT2D eigenvalue weighted by Gasteiger charge is 2.46. The van der Waals surface area contributed by atoms with Crippen LogP contribution < -0.4 is 5.32 Å². The van der Waals surface area contributed by atoms with Gasteiger partial charge in [0, 0.05) is 6.04 Å².